The summed E-state index contributed by atoms with van der Waals surface area (Å²) in [6, 6.07) is 14.6. The highest BCUT2D eigenvalue weighted by Crippen LogP contribution is 2.27. The normalized spacial score (nSPS) is 17.1. The fourth-order valence-electron chi connectivity index (χ4n) is 4.20. The summed E-state index contributed by atoms with van der Waals surface area (Å²) >= 11 is 0. The molecule has 0 radical (unpaired) electrons. The van der Waals surface area contributed by atoms with Crippen LogP contribution in [0.5, 0.6) is 5.75 Å². The van der Waals surface area contributed by atoms with Gasteiger partial charge in [0, 0.05) is 48.9 Å². The molecule has 0 N–H and O–H groups in total. The summed E-state index contributed by atoms with van der Waals surface area (Å²) in [7, 11) is 3.34. The van der Waals surface area contributed by atoms with Gasteiger partial charge in [0.15, 0.2) is 17.3 Å². The maximum Gasteiger partial charge on any atom is 0.167 e. The van der Waals surface area contributed by atoms with Gasteiger partial charge in [-0.05, 0) is 37.6 Å². The van der Waals surface area contributed by atoms with E-state index in [-0.39, 0.29) is 17.5 Å². The van der Waals surface area contributed by atoms with Crippen LogP contribution in [0.15, 0.2) is 54.7 Å². The van der Waals surface area contributed by atoms with Gasteiger partial charge in [-0.3, -0.25) is 14.4 Å². The summed E-state index contributed by atoms with van der Waals surface area (Å²) in [6.45, 7) is 2.33. The summed E-state index contributed by atoms with van der Waals surface area (Å²) in [6.07, 6.45) is 3.81. The Morgan fingerprint density at radius 2 is 2.03 bits per heavy atom. The number of halogens is 1. The number of hydrogen-bond acceptors (Lipinski definition) is 4. The molecule has 0 bridgehead atoms. The minimum Gasteiger partial charge on any atom is -0.494 e. The molecule has 6 heteroatoms. The first-order valence-electron chi connectivity index (χ1n) is 10.2. The number of nitrogens with zero attached hydrogens (tertiary/aromatic N) is 3. The summed E-state index contributed by atoms with van der Waals surface area (Å²) in [4.78, 5) is 15.3. The first-order valence-corrected chi connectivity index (χ1v) is 10.2. The molecule has 0 unspecified atom stereocenters. The summed E-state index contributed by atoms with van der Waals surface area (Å²) in [5.41, 5.74) is 3.62. The molecule has 1 fully saturated rings. The van der Waals surface area contributed by atoms with Crippen molar-refractivity contribution < 1.29 is 13.9 Å². The third-order valence-corrected chi connectivity index (χ3v) is 5.66. The predicted octanol–water partition coefficient (Wildman–Crippen LogP) is 4.33. The van der Waals surface area contributed by atoms with Gasteiger partial charge in [0.1, 0.15) is 0 Å². The molecule has 1 aromatic heterocycles. The minimum atomic E-state index is -0.501. The van der Waals surface area contributed by atoms with E-state index in [1.807, 2.05) is 36.1 Å². The second kappa shape index (κ2) is 8.79. The first-order chi connectivity index (χ1) is 14.5. The van der Waals surface area contributed by atoms with Crippen LogP contribution in [-0.2, 0) is 13.6 Å². The Balaban J connectivity index is 1.49. The Kier molecular flexibility index (Phi) is 5.95. The number of hydrogen-bond donors (Lipinski definition) is 0. The number of benzene rings is 2. The van der Waals surface area contributed by atoms with E-state index in [4.69, 9.17) is 4.74 Å². The number of ether oxygens (including phenoxy) is 1. The number of piperidine rings is 1. The quantitative estimate of drug-likeness (QED) is 0.571. The molecule has 2 heterocycles. The highest BCUT2D eigenvalue weighted by molar-refractivity contribution is 5.98. The standard InChI is InChI=1S/C24H26FN3O2/c1-27-14-20(23(26-27)17-7-4-3-5-8-17)16-28-12-6-9-19(15-28)24(29)18-10-11-22(30-2)21(25)13-18/h3-5,7-8,10-11,13-14,19H,6,9,12,15-16H2,1-2H3/t19-/m0/s1. The number of Topliss-reactive ketones (excluding diaryl/α,β-unsaturated/α-hetero) is 1. The lowest BCUT2D eigenvalue weighted by Gasteiger charge is -2.32. The van der Waals surface area contributed by atoms with Gasteiger partial charge in [-0.2, -0.15) is 5.10 Å². The fourth-order valence-corrected chi connectivity index (χ4v) is 4.20. The van der Waals surface area contributed by atoms with E-state index in [2.05, 4.69) is 22.1 Å². The maximum atomic E-state index is 14.1. The molecule has 1 atom stereocenters. The molecular formula is C24H26FN3O2. The van der Waals surface area contributed by atoms with Crippen molar-refractivity contribution in [1.29, 1.82) is 0 Å². The Labute approximate surface area is 176 Å². The van der Waals surface area contributed by atoms with Crippen LogP contribution in [0.25, 0.3) is 11.3 Å². The zero-order valence-corrected chi connectivity index (χ0v) is 17.3. The van der Waals surface area contributed by atoms with Crippen LogP contribution in [0.1, 0.15) is 28.8 Å². The number of aryl methyl sites for hydroxylation is 1. The number of ketones is 1. The van der Waals surface area contributed by atoms with Gasteiger partial charge in [-0.1, -0.05) is 30.3 Å². The van der Waals surface area contributed by atoms with E-state index in [0.29, 0.717) is 12.1 Å². The van der Waals surface area contributed by atoms with E-state index in [9.17, 15) is 9.18 Å². The number of carbonyl (C=O) groups is 1. The Bertz CT molecular complexity index is 1030. The Morgan fingerprint density at radius 3 is 2.77 bits per heavy atom. The average Bonchev–Trinajstić information content (AvgIpc) is 3.14. The number of likely N-dealkylation sites (tertiary alicyclic amines) is 1. The van der Waals surface area contributed by atoms with Crippen LogP contribution in [0.2, 0.25) is 0 Å². The summed E-state index contributed by atoms with van der Waals surface area (Å²) in [5, 5.41) is 4.64. The van der Waals surface area contributed by atoms with Crippen molar-refractivity contribution in [2.75, 3.05) is 20.2 Å². The maximum absolute atomic E-state index is 14.1. The molecule has 1 aliphatic heterocycles. The lowest BCUT2D eigenvalue weighted by Crippen LogP contribution is -2.38. The van der Waals surface area contributed by atoms with Crippen molar-refractivity contribution in [3.63, 3.8) is 0 Å². The van der Waals surface area contributed by atoms with Crippen molar-refractivity contribution in [2.45, 2.75) is 19.4 Å². The van der Waals surface area contributed by atoms with E-state index in [1.165, 1.54) is 19.2 Å². The molecule has 5 nitrogen and oxygen atoms in total. The Hall–Kier alpha value is -2.99. The molecule has 1 aliphatic rings. The molecule has 0 spiro atoms. The smallest absolute Gasteiger partial charge is 0.167 e. The van der Waals surface area contributed by atoms with Crippen molar-refractivity contribution in [3.8, 4) is 17.0 Å². The van der Waals surface area contributed by atoms with Crippen molar-refractivity contribution in [2.24, 2.45) is 13.0 Å². The summed E-state index contributed by atoms with van der Waals surface area (Å²) < 4.78 is 20.8. The molecule has 30 heavy (non-hydrogen) atoms. The zero-order chi connectivity index (χ0) is 21.1. The molecule has 0 aliphatic carbocycles. The molecular weight excluding hydrogens is 381 g/mol. The third kappa shape index (κ3) is 4.28. The van der Waals surface area contributed by atoms with Crippen LogP contribution in [-0.4, -0.2) is 40.7 Å². The average molecular weight is 407 g/mol. The second-order valence-corrected chi connectivity index (χ2v) is 7.83. The monoisotopic (exact) mass is 407 g/mol. The second-order valence-electron chi connectivity index (χ2n) is 7.83. The van der Waals surface area contributed by atoms with E-state index >= 15 is 0 Å². The van der Waals surface area contributed by atoms with Gasteiger partial charge in [0.2, 0.25) is 0 Å². The SMILES string of the molecule is COc1ccc(C(=O)[C@H]2CCCN(Cc3cn(C)nc3-c3ccccc3)C2)cc1F. The summed E-state index contributed by atoms with van der Waals surface area (Å²) in [5.74, 6) is -0.486. The zero-order valence-electron chi connectivity index (χ0n) is 17.3. The molecule has 156 valence electrons. The predicted molar refractivity (Wildman–Crippen MR) is 114 cm³/mol. The lowest BCUT2D eigenvalue weighted by molar-refractivity contribution is 0.0811. The molecule has 3 aromatic rings. The van der Waals surface area contributed by atoms with Crippen LogP contribution < -0.4 is 4.74 Å². The van der Waals surface area contributed by atoms with E-state index < -0.39 is 5.82 Å². The highest BCUT2D eigenvalue weighted by atomic mass is 19.1. The van der Waals surface area contributed by atoms with Crippen LogP contribution in [0, 0.1) is 11.7 Å². The highest BCUT2D eigenvalue weighted by Gasteiger charge is 2.28. The van der Waals surface area contributed by atoms with Crippen molar-refractivity contribution >= 4 is 5.78 Å². The van der Waals surface area contributed by atoms with Crippen LogP contribution in [0.4, 0.5) is 4.39 Å². The first kappa shape index (κ1) is 20.3. The number of carbonyl (C=O) groups excluding carboxylic acids is 1. The largest absolute Gasteiger partial charge is 0.494 e. The van der Waals surface area contributed by atoms with E-state index in [1.54, 1.807) is 6.07 Å². The topological polar surface area (TPSA) is 47.4 Å². The van der Waals surface area contributed by atoms with Gasteiger partial charge in [-0.15, -0.1) is 0 Å². The minimum absolute atomic E-state index is 0.00396. The van der Waals surface area contributed by atoms with Gasteiger partial charge in [0.05, 0.1) is 12.8 Å². The third-order valence-electron chi connectivity index (χ3n) is 5.66. The molecule has 0 saturated carbocycles. The van der Waals surface area contributed by atoms with Gasteiger partial charge in [0.25, 0.3) is 0 Å². The number of aromatic nitrogens is 2. The van der Waals surface area contributed by atoms with Gasteiger partial charge < -0.3 is 4.74 Å². The van der Waals surface area contributed by atoms with Crippen molar-refractivity contribution in [3.05, 3.63) is 71.7 Å². The van der Waals surface area contributed by atoms with Gasteiger partial charge >= 0.3 is 0 Å². The molecule has 1 saturated heterocycles. The van der Waals surface area contributed by atoms with Crippen molar-refractivity contribution in [1.82, 2.24) is 14.7 Å². The fraction of sp³-hybridized carbons (Fsp3) is 0.333. The van der Waals surface area contributed by atoms with Gasteiger partial charge in [-0.25, -0.2) is 4.39 Å². The molecule has 4 rings (SSSR count). The molecule has 0 amide bonds. The van der Waals surface area contributed by atoms with Crippen LogP contribution >= 0.6 is 0 Å². The lowest BCUT2D eigenvalue weighted by atomic mass is 9.89. The van der Waals surface area contributed by atoms with E-state index in [0.717, 1.165) is 42.8 Å². The van der Waals surface area contributed by atoms with Crippen LogP contribution in [0.3, 0.4) is 0 Å². The number of methoxy groups -OCH3 is 1. The molecule has 2 aromatic carbocycles. The number of rotatable bonds is 6. The Morgan fingerprint density at radius 1 is 1.23 bits per heavy atom.